The van der Waals surface area contributed by atoms with Gasteiger partial charge in [0.05, 0.1) is 44.5 Å². The van der Waals surface area contributed by atoms with Crippen LogP contribution in [0.2, 0.25) is 12.1 Å². The predicted octanol–water partition coefficient (Wildman–Crippen LogP) is 1.03. The summed E-state index contributed by atoms with van der Waals surface area (Å²) >= 11 is 0. The third-order valence-electron chi connectivity index (χ3n) is 7.42. The SMILES string of the molecule is CO[Si](CCCNC(=O)c1cc2c(cc1C(=O)O)C(=O)OC2=O)O[Si](CCCNC(=O)c1cc2c(cc1C(=O)O)C(=O)OC2=O)(OC)OC. The molecule has 4 N–H and O–H groups in total. The molecular formula is C29H29N2O16Si2. The largest absolute Gasteiger partial charge is 0.491 e. The van der Waals surface area contributed by atoms with Crippen molar-refractivity contribution in [3.05, 3.63) is 68.8 Å². The Morgan fingerprint density at radius 1 is 0.673 bits per heavy atom. The molecule has 2 aromatic carbocycles. The molecule has 2 aliphatic heterocycles. The first-order valence-corrected chi connectivity index (χ1v) is 17.8. The van der Waals surface area contributed by atoms with E-state index >= 15 is 0 Å². The Morgan fingerprint density at radius 2 is 1.06 bits per heavy atom. The number of esters is 4. The van der Waals surface area contributed by atoms with Gasteiger partial charge in [0.2, 0.25) is 0 Å². The second-order valence-corrected chi connectivity index (χ2v) is 15.5. The van der Waals surface area contributed by atoms with Gasteiger partial charge in [0.25, 0.3) is 11.8 Å². The standard InChI is InChI=1S/C29H29N2O16Si2/c1-42-48(8-4-6-30-22(32)14-10-18-20(12-16(14)24(34)35)28(40)45-26(18)38)47-49(43-2,44-3)9-5-7-31-23(33)15-11-19-21(13-17(15)25(36)37)29(41)46-27(19)39/h10-13H,4-9H2,1-3H3,(H,30,32)(H,31,33)(H,34,35)(H,36,37). The minimum absolute atomic E-state index is 0.0250. The molecule has 2 amide bonds. The van der Waals surface area contributed by atoms with Gasteiger partial charge in [-0.3, -0.25) is 9.59 Å². The van der Waals surface area contributed by atoms with Crippen molar-refractivity contribution in [3.8, 4) is 0 Å². The van der Waals surface area contributed by atoms with Crippen LogP contribution >= 0.6 is 0 Å². The first-order chi connectivity index (χ1) is 23.2. The first kappa shape index (κ1) is 36.7. The monoisotopic (exact) mass is 717 g/mol. The number of carbonyl (C=O) groups is 8. The molecule has 0 spiro atoms. The number of cyclic esters (lactones) is 4. The molecule has 20 heteroatoms. The van der Waals surface area contributed by atoms with Gasteiger partial charge in [-0.2, -0.15) is 0 Å². The Kier molecular flexibility index (Phi) is 11.5. The highest BCUT2D eigenvalue weighted by Gasteiger charge is 2.42. The number of aromatic carboxylic acids is 2. The van der Waals surface area contributed by atoms with Crippen LogP contribution in [0.4, 0.5) is 0 Å². The minimum atomic E-state index is -3.36. The number of rotatable bonds is 17. The third-order valence-corrected chi connectivity index (χ3v) is 13.0. The Morgan fingerprint density at radius 3 is 1.43 bits per heavy atom. The van der Waals surface area contributed by atoms with Crippen LogP contribution in [0.15, 0.2) is 24.3 Å². The molecule has 2 heterocycles. The van der Waals surface area contributed by atoms with Crippen molar-refractivity contribution in [3.63, 3.8) is 0 Å². The number of hydrogen-bond acceptors (Lipinski definition) is 14. The molecule has 259 valence electrons. The van der Waals surface area contributed by atoms with E-state index < -0.39 is 76.8 Å². The van der Waals surface area contributed by atoms with Crippen molar-refractivity contribution < 1.29 is 75.4 Å². The number of benzene rings is 2. The molecule has 0 atom stereocenters. The summed E-state index contributed by atoms with van der Waals surface area (Å²) in [6.07, 6.45) is 0.579. The normalized spacial score (nSPS) is 13.6. The van der Waals surface area contributed by atoms with Crippen molar-refractivity contribution in [2.75, 3.05) is 34.4 Å². The van der Waals surface area contributed by atoms with Gasteiger partial charge >= 0.3 is 53.9 Å². The summed E-state index contributed by atoms with van der Waals surface area (Å²) in [4.78, 5) is 96.5. The second-order valence-electron chi connectivity index (χ2n) is 10.3. The smallest absolute Gasteiger partial charge is 0.478 e. The zero-order valence-corrected chi connectivity index (χ0v) is 28.2. The highest BCUT2D eigenvalue weighted by atomic mass is 28.4. The number of ether oxygens (including phenoxy) is 2. The molecule has 0 unspecified atom stereocenters. The van der Waals surface area contributed by atoms with Crippen LogP contribution in [0.3, 0.4) is 0 Å². The van der Waals surface area contributed by atoms with Gasteiger partial charge < -0.3 is 47.7 Å². The molecule has 0 saturated carbocycles. The van der Waals surface area contributed by atoms with Crippen LogP contribution in [-0.4, -0.2) is 110 Å². The molecule has 0 aliphatic carbocycles. The Hall–Kier alpha value is -5.13. The predicted molar refractivity (Wildman–Crippen MR) is 163 cm³/mol. The molecule has 4 rings (SSSR count). The molecule has 49 heavy (non-hydrogen) atoms. The van der Waals surface area contributed by atoms with E-state index in [2.05, 4.69) is 20.1 Å². The van der Waals surface area contributed by atoms with Gasteiger partial charge in [0.1, 0.15) is 0 Å². The van der Waals surface area contributed by atoms with Crippen LogP contribution in [0.25, 0.3) is 0 Å². The third kappa shape index (κ3) is 7.96. The first-order valence-electron chi connectivity index (χ1n) is 14.4. The fraction of sp³-hybridized carbons (Fsp3) is 0.310. The van der Waals surface area contributed by atoms with E-state index in [-0.39, 0.29) is 58.9 Å². The van der Waals surface area contributed by atoms with E-state index in [0.29, 0.717) is 12.5 Å². The van der Waals surface area contributed by atoms with Gasteiger partial charge in [-0.25, -0.2) is 28.8 Å². The molecule has 0 fully saturated rings. The van der Waals surface area contributed by atoms with Crippen LogP contribution in [0.1, 0.15) is 95.7 Å². The van der Waals surface area contributed by atoms with Gasteiger partial charge in [0.15, 0.2) is 0 Å². The Bertz CT molecular complexity index is 1760. The molecule has 2 aromatic rings. The topological polar surface area (TPSA) is 256 Å². The number of carboxylic acids is 2. The lowest BCUT2D eigenvalue weighted by Crippen LogP contribution is -2.49. The summed E-state index contributed by atoms with van der Waals surface area (Å²) in [7, 11) is -1.23. The van der Waals surface area contributed by atoms with Crippen LogP contribution in [0, 0.1) is 0 Å². The maximum atomic E-state index is 12.9. The van der Waals surface area contributed by atoms with E-state index in [1.165, 1.54) is 21.3 Å². The van der Waals surface area contributed by atoms with Crippen LogP contribution in [0.5, 0.6) is 0 Å². The summed E-state index contributed by atoms with van der Waals surface area (Å²) < 4.78 is 31.8. The number of nitrogens with one attached hydrogen (secondary N) is 2. The molecule has 0 saturated heterocycles. The average Bonchev–Trinajstić information content (AvgIpc) is 3.53. The molecular weight excluding hydrogens is 688 g/mol. The lowest BCUT2D eigenvalue weighted by Gasteiger charge is -2.29. The summed E-state index contributed by atoms with van der Waals surface area (Å²) in [5.74, 6) is -8.53. The zero-order valence-electron chi connectivity index (χ0n) is 26.2. The van der Waals surface area contributed by atoms with Crippen molar-refractivity contribution in [1.29, 1.82) is 0 Å². The highest BCUT2D eigenvalue weighted by Crippen LogP contribution is 2.26. The van der Waals surface area contributed by atoms with Crippen molar-refractivity contribution in [1.82, 2.24) is 10.6 Å². The molecule has 0 bridgehead atoms. The van der Waals surface area contributed by atoms with E-state index in [9.17, 15) is 48.6 Å². The van der Waals surface area contributed by atoms with Gasteiger partial charge in [-0.05, 0) is 43.2 Å². The quantitative estimate of drug-likeness (QED) is 0.0771. The highest BCUT2D eigenvalue weighted by molar-refractivity contribution is 6.69. The minimum Gasteiger partial charge on any atom is -0.478 e. The summed E-state index contributed by atoms with van der Waals surface area (Å²) in [5, 5.41) is 24.2. The number of hydrogen-bond donors (Lipinski definition) is 4. The van der Waals surface area contributed by atoms with E-state index in [0.717, 1.165) is 24.3 Å². The molecule has 1 radical (unpaired) electrons. The van der Waals surface area contributed by atoms with Crippen LogP contribution in [-0.2, 0) is 26.9 Å². The lowest BCUT2D eigenvalue weighted by atomic mass is 9.99. The zero-order chi connectivity index (χ0) is 36.0. The number of carboxylic acid groups (broad SMARTS) is 2. The average molecular weight is 718 g/mol. The Balaban J connectivity index is 1.30. The summed E-state index contributed by atoms with van der Waals surface area (Å²) in [6, 6.07) is 4.36. The second kappa shape index (κ2) is 15.4. The molecule has 18 nitrogen and oxygen atoms in total. The lowest BCUT2D eigenvalue weighted by molar-refractivity contribution is 0.0425. The van der Waals surface area contributed by atoms with Gasteiger partial charge in [-0.15, -0.1) is 0 Å². The fourth-order valence-electron chi connectivity index (χ4n) is 4.91. The van der Waals surface area contributed by atoms with E-state index in [1.54, 1.807) is 0 Å². The van der Waals surface area contributed by atoms with Gasteiger partial charge in [-0.1, -0.05) is 0 Å². The number of fused-ring (bicyclic) bond motifs is 2. The van der Waals surface area contributed by atoms with Crippen molar-refractivity contribution in [2.45, 2.75) is 24.9 Å². The van der Waals surface area contributed by atoms with E-state index in [1.807, 2.05) is 0 Å². The maximum Gasteiger partial charge on any atom is 0.491 e. The van der Waals surface area contributed by atoms with Crippen molar-refractivity contribution >= 4 is 65.7 Å². The summed E-state index contributed by atoms with van der Waals surface area (Å²) in [5.41, 5.74) is -2.53. The van der Waals surface area contributed by atoms with Crippen molar-refractivity contribution in [2.24, 2.45) is 0 Å². The molecule has 2 aliphatic rings. The maximum absolute atomic E-state index is 12.9. The number of carbonyl (C=O) groups excluding carboxylic acids is 6. The Labute approximate surface area is 279 Å². The van der Waals surface area contributed by atoms with Gasteiger partial charge in [0, 0.05) is 40.5 Å². The molecule has 0 aromatic heterocycles. The van der Waals surface area contributed by atoms with E-state index in [4.69, 9.17) is 17.4 Å². The summed E-state index contributed by atoms with van der Waals surface area (Å²) in [6.45, 7) is 0.0872. The van der Waals surface area contributed by atoms with Crippen LogP contribution < -0.4 is 10.6 Å². The number of amides is 2. The fourth-order valence-corrected chi connectivity index (χ4v) is 9.97.